The maximum absolute atomic E-state index is 11.2. The van der Waals surface area contributed by atoms with Gasteiger partial charge in [0.05, 0.1) is 0 Å². The normalized spacial score (nSPS) is 16.0. The fourth-order valence-electron chi connectivity index (χ4n) is 1.26. The lowest BCUT2D eigenvalue weighted by atomic mass is 10.1. The summed E-state index contributed by atoms with van der Waals surface area (Å²) in [6.45, 7) is 2.48. The van der Waals surface area contributed by atoms with Crippen molar-refractivity contribution in [1.29, 1.82) is 0 Å². The molecular formula is C8H13N3O2. The molecule has 0 aromatic rings. The first-order valence-electron chi connectivity index (χ1n) is 4.11. The molecule has 0 saturated heterocycles. The van der Waals surface area contributed by atoms with Gasteiger partial charge in [-0.15, -0.1) is 0 Å². The molecule has 4 N–H and O–H groups in total. The number of nitrogens with two attached hydrogens (primary N) is 1. The van der Waals surface area contributed by atoms with E-state index in [1.807, 2.05) is 12.3 Å². The Kier molecular flexibility index (Phi) is 3.02. The van der Waals surface area contributed by atoms with E-state index in [1.165, 1.54) is 0 Å². The van der Waals surface area contributed by atoms with E-state index in [2.05, 4.69) is 5.32 Å². The van der Waals surface area contributed by atoms with E-state index in [4.69, 9.17) is 5.84 Å². The molecule has 0 aromatic heterocycles. The Morgan fingerprint density at radius 2 is 2.38 bits per heavy atom. The first-order chi connectivity index (χ1) is 6.15. The number of carbonyl (C=O) groups is 2. The van der Waals surface area contributed by atoms with Gasteiger partial charge in [0.2, 0.25) is 11.8 Å². The van der Waals surface area contributed by atoms with Crippen LogP contribution in [0.2, 0.25) is 0 Å². The number of hydrogen-bond acceptors (Lipinski definition) is 3. The Bertz CT molecular complexity index is 271. The molecule has 5 nitrogen and oxygen atoms in total. The van der Waals surface area contributed by atoms with E-state index in [1.54, 1.807) is 0 Å². The highest BCUT2D eigenvalue weighted by atomic mass is 16.2. The standard InChI is InChI=1S/C8H13N3O2/c1-5-4-10-8(13)6(5)2-3-7(12)11-9/h2-4,9H2,1H3,(H,10,13)(H,11,12). The van der Waals surface area contributed by atoms with Gasteiger partial charge in [-0.3, -0.25) is 15.0 Å². The molecule has 0 radical (unpaired) electrons. The van der Waals surface area contributed by atoms with Crippen LogP contribution < -0.4 is 16.6 Å². The number of hydrazine groups is 1. The molecule has 1 aliphatic rings. The molecule has 0 unspecified atom stereocenters. The summed E-state index contributed by atoms with van der Waals surface area (Å²) in [5.41, 5.74) is 3.75. The summed E-state index contributed by atoms with van der Waals surface area (Å²) in [5.74, 6) is 4.59. The molecule has 1 aliphatic heterocycles. The highest BCUT2D eigenvalue weighted by Crippen LogP contribution is 2.15. The second-order valence-corrected chi connectivity index (χ2v) is 3.01. The third kappa shape index (κ3) is 2.29. The van der Waals surface area contributed by atoms with Gasteiger partial charge in [0.15, 0.2) is 0 Å². The monoisotopic (exact) mass is 183 g/mol. The predicted molar refractivity (Wildman–Crippen MR) is 47.3 cm³/mol. The second kappa shape index (κ2) is 4.04. The van der Waals surface area contributed by atoms with Crippen molar-refractivity contribution < 1.29 is 9.59 Å². The fraction of sp³-hybridized carbons (Fsp3) is 0.500. The van der Waals surface area contributed by atoms with E-state index >= 15 is 0 Å². The third-order valence-electron chi connectivity index (χ3n) is 2.07. The van der Waals surface area contributed by atoms with Crippen LogP contribution in [0.25, 0.3) is 0 Å². The van der Waals surface area contributed by atoms with Crippen molar-refractivity contribution in [3.05, 3.63) is 11.1 Å². The fourth-order valence-corrected chi connectivity index (χ4v) is 1.26. The highest BCUT2D eigenvalue weighted by Gasteiger charge is 2.19. The summed E-state index contributed by atoms with van der Waals surface area (Å²) < 4.78 is 0. The molecule has 72 valence electrons. The number of nitrogens with one attached hydrogen (secondary N) is 2. The zero-order valence-electron chi connectivity index (χ0n) is 7.52. The number of amides is 2. The summed E-state index contributed by atoms with van der Waals surface area (Å²) in [6.07, 6.45) is 0.720. The van der Waals surface area contributed by atoms with Crippen molar-refractivity contribution in [2.45, 2.75) is 19.8 Å². The van der Waals surface area contributed by atoms with Crippen LogP contribution in [0, 0.1) is 0 Å². The van der Waals surface area contributed by atoms with E-state index in [-0.39, 0.29) is 18.2 Å². The average molecular weight is 183 g/mol. The van der Waals surface area contributed by atoms with Crippen LogP contribution in [0.4, 0.5) is 0 Å². The van der Waals surface area contributed by atoms with Gasteiger partial charge in [0.25, 0.3) is 0 Å². The van der Waals surface area contributed by atoms with Crippen LogP contribution in [-0.2, 0) is 9.59 Å². The lowest BCUT2D eigenvalue weighted by molar-refractivity contribution is -0.121. The van der Waals surface area contributed by atoms with Crippen molar-refractivity contribution >= 4 is 11.8 Å². The Balaban J connectivity index is 2.49. The summed E-state index contributed by atoms with van der Waals surface area (Å²) in [7, 11) is 0. The molecule has 0 bridgehead atoms. The molecule has 0 aliphatic carbocycles. The largest absolute Gasteiger partial charge is 0.349 e. The molecule has 1 rings (SSSR count). The number of rotatable bonds is 3. The topological polar surface area (TPSA) is 84.2 Å². The summed E-state index contributed by atoms with van der Waals surface area (Å²) in [5, 5.41) is 2.69. The Hall–Kier alpha value is -1.36. The summed E-state index contributed by atoms with van der Waals surface area (Å²) >= 11 is 0. The van der Waals surface area contributed by atoms with Gasteiger partial charge in [-0.05, 0) is 18.9 Å². The molecule has 1 heterocycles. The number of carbonyl (C=O) groups excluding carboxylic acids is 2. The molecule has 0 aromatic carbocycles. The van der Waals surface area contributed by atoms with Crippen LogP contribution >= 0.6 is 0 Å². The smallest absolute Gasteiger partial charge is 0.247 e. The van der Waals surface area contributed by atoms with Gasteiger partial charge in [-0.1, -0.05) is 0 Å². The zero-order chi connectivity index (χ0) is 9.84. The first kappa shape index (κ1) is 9.73. The third-order valence-corrected chi connectivity index (χ3v) is 2.07. The summed E-state index contributed by atoms with van der Waals surface area (Å²) in [6, 6.07) is 0. The van der Waals surface area contributed by atoms with E-state index in [0.29, 0.717) is 18.5 Å². The van der Waals surface area contributed by atoms with Crippen molar-refractivity contribution in [3.8, 4) is 0 Å². The molecule has 0 atom stereocenters. The first-order valence-corrected chi connectivity index (χ1v) is 4.11. The van der Waals surface area contributed by atoms with Crippen LogP contribution in [0.15, 0.2) is 11.1 Å². The van der Waals surface area contributed by atoms with Crippen LogP contribution in [0.1, 0.15) is 19.8 Å². The molecule has 2 amide bonds. The Labute approximate surface area is 76.3 Å². The SMILES string of the molecule is CC1=C(CCC(=O)NN)C(=O)NC1. The van der Waals surface area contributed by atoms with Gasteiger partial charge in [-0.2, -0.15) is 0 Å². The average Bonchev–Trinajstić information content (AvgIpc) is 2.43. The van der Waals surface area contributed by atoms with E-state index < -0.39 is 0 Å². The minimum Gasteiger partial charge on any atom is -0.349 e. The van der Waals surface area contributed by atoms with Crippen LogP contribution in [-0.4, -0.2) is 18.4 Å². The number of hydrogen-bond donors (Lipinski definition) is 3. The summed E-state index contributed by atoms with van der Waals surface area (Å²) in [4.78, 5) is 21.9. The van der Waals surface area contributed by atoms with Crippen molar-refractivity contribution in [2.75, 3.05) is 6.54 Å². The lowest BCUT2D eigenvalue weighted by Gasteiger charge is -2.00. The van der Waals surface area contributed by atoms with Gasteiger partial charge < -0.3 is 5.32 Å². The van der Waals surface area contributed by atoms with Crippen LogP contribution in [0.5, 0.6) is 0 Å². The molecule has 0 fully saturated rings. The van der Waals surface area contributed by atoms with E-state index in [9.17, 15) is 9.59 Å². The van der Waals surface area contributed by atoms with Gasteiger partial charge in [-0.25, -0.2) is 5.84 Å². The molecular weight excluding hydrogens is 170 g/mol. The minimum atomic E-state index is -0.250. The molecule has 0 saturated carbocycles. The molecule has 0 spiro atoms. The van der Waals surface area contributed by atoms with Crippen molar-refractivity contribution in [1.82, 2.24) is 10.7 Å². The lowest BCUT2D eigenvalue weighted by Crippen LogP contribution is -2.30. The van der Waals surface area contributed by atoms with Gasteiger partial charge in [0, 0.05) is 18.5 Å². The minimum absolute atomic E-state index is 0.0673. The zero-order valence-corrected chi connectivity index (χ0v) is 7.52. The van der Waals surface area contributed by atoms with Crippen LogP contribution in [0.3, 0.4) is 0 Å². The predicted octanol–water partition coefficient (Wildman–Crippen LogP) is -0.797. The Morgan fingerprint density at radius 1 is 1.69 bits per heavy atom. The highest BCUT2D eigenvalue weighted by molar-refractivity contribution is 5.97. The van der Waals surface area contributed by atoms with E-state index in [0.717, 1.165) is 5.57 Å². The van der Waals surface area contributed by atoms with Gasteiger partial charge >= 0.3 is 0 Å². The molecule has 13 heavy (non-hydrogen) atoms. The molecule has 5 heteroatoms. The van der Waals surface area contributed by atoms with Crippen molar-refractivity contribution in [2.24, 2.45) is 5.84 Å². The quantitative estimate of drug-likeness (QED) is 0.304. The van der Waals surface area contributed by atoms with Gasteiger partial charge in [0.1, 0.15) is 0 Å². The second-order valence-electron chi connectivity index (χ2n) is 3.01. The van der Waals surface area contributed by atoms with Crippen molar-refractivity contribution in [3.63, 3.8) is 0 Å². The maximum atomic E-state index is 11.2. The maximum Gasteiger partial charge on any atom is 0.247 e. The Morgan fingerprint density at radius 3 is 2.85 bits per heavy atom.